The maximum atomic E-state index is 13.5. The molecule has 0 saturated heterocycles. The molecule has 0 heterocycles. The van der Waals surface area contributed by atoms with Crippen LogP contribution in [0.4, 0.5) is 0 Å². The van der Waals surface area contributed by atoms with Crippen LogP contribution >= 0.6 is 15.9 Å². The van der Waals surface area contributed by atoms with Crippen molar-refractivity contribution in [2.75, 3.05) is 11.9 Å². The quantitative estimate of drug-likeness (QED) is 0.215. The van der Waals surface area contributed by atoms with Crippen molar-refractivity contribution in [1.82, 2.24) is 0 Å². The number of allylic oxidation sites excluding steroid dienone is 1. The molecule has 0 aromatic rings. The molecule has 0 radical (unpaired) electrons. The number of hydrogen-bond donors (Lipinski definition) is 1. The number of hydrogen-bond acceptors (Lipinski definition) is 3. The highest BCUT2D eigenvalue weighted by Crippen LogP contribution is 2.77. The van der Waals surface area contributed by atoms with Crippen LogP contribution in [-0.4, -0.2) is 29.1 Å². The van der Waals surface area contributed by atoms with Gasteiger partial charge in [-0.3, -0.25) is 4.79 Å². The van der Waals surface area contributed by atoms with Crippen molar-refractivity contribution >= 4 is 21.9 Å². The van der Waals surface area contributed by atoms with Gasteiger partial charge in [-0.15, -0.1) is 0 Å². The number of carbonyl (C=O) groups excluding carboxylic acids is 1. The molecule has 3 nitrogen and oxygen atoms in total. The van der Waals surface area contributed by atoms with Crippen molar-refractivity contribution in [2.45, 2.75) is 112 Å². The van der Waals surface area contributed by atoms with E-state index in [0.29, 0.717) is 41.0 Å². The van der Waals surface area contributed by atoms with Gasteiger partial charge in [-0.25, -0.2) is 0 Å². The van der Waals surface area contributed by atoms with Gasteiger partial charge in [0.1, 0.15) is 6.61 Å². The molecule has 0 amide bonds. The van der Waals surface area contributed by atoms with Gasteiger partial charge in [0, 0.05) is 5.33 Å². The first-order valence-electron chi connectivity index (χ1n) is 14.9. The van der Waals surface area contributed by atoms with E-state index in [4.69, 9.17) is 4.74 Å². The van der Waals surface area contributed by atoms with E-state index < -0.39 is 11.5 Å². The van der Waals surface area contributed by atoms with E-state index >= 15 is 0 Å². The van der Waals surface area contributed by atoms with Gasteiger partial charge in [-0.2, -0.15) is 0 Å². The van der Waals surface area contributed by atoms with E-state index in [1.807, 2.05) is 6.92 Å². The number of halogens is 1. The summed E-state index contributed by atoms with van der Waals surface area (Å²) in [5.41, 5.74) is 1.74. The number of carbonyl (C=O) groups is 1. The predicted molar refractivity (Wildman–Crippen MR) is 150 cm³/mol. The number of aliphatic hydroxyl groups excluding tert-OH is 1. The van der Waals surface area contributed by atoms with Gasteiger partial charge >= 0.3 is 5.97 Å². The minimum Gasteiger partial charge on any atom is -0.464 e. The summed E-state index contributed by atoms with van der Waals surface area (Å²) in [6.45, 7) is 19.5. The lowest BCUT2D eigenvalue weighted by atomic mass is 9.32. The lowest BCUT2D eigenvalue weighted by Crippen LogP contribution is -2.67. The largest absolute Gasteiger partial charge is 0.464 e. The van der Waals surface area contributed by atoms with E-state index in [-0.39, 0.29) is 22.7 Å². The minimum absolute atomic E-state index is 0.0621. The summed E-state index contributed by atoms with van der Waals surface area (Å²) in [6.07, 6.45) is 11.3. The summed E-state index contributed by atoms with van der Waals surface area (Å²) in [6, 6.07) is 0. The molecule has 0 aromatic carbocycles. The van der Waals surface area contributed by atoms with Crippen molar-refractivity contribution in [3.63, 3.8) is 0 Å². The SMILES string of the molecule is C=C(C)[C@@H]1CC[C@]2(C)CC[C@]3(C)[C@H](CC[C@@H]4[C@@]5(C)CC[C@@H](O)[C@](C)(C(=O)OCCBr)[C@@H]5CC[C@]43C)[C@@H]12. The molecule has 0 unspecified atom stereocenters. The Morgan fingerprint density at radius 2 is 1.64 bits per heavy atom. The summed E-state index contributed by atoms with van der Waals surface area (Å²) >= 11 is 3.40. The van der Waals surface area contributed by atoms with Crippen molar-refractivity contribution in [1.29, 1.82) is 0 Å². The number of aliphatic hydroxyl groups is 1. The maximum Gasteiger partial charge on any atom is 0.314 e. The number of ether oxygens (including phenoxy) is 1. The van der Waals surface area contributed by atoms with Gasteiger partial charge in [-0.1, -0.05) is 55.8 Å². The molecule has 0 aromatic heterocycles. The highest BCUT2D eigenvalue weighted by Gasteiger charge is 2.71. The van der Waals surface area contributed by atoms with Gasteiger partial charge in [0.05, 0.1) is 11.5 Å². The molecule has 36 heavy (non-hydrogen) atoms. The Kier molecular flexibility index (Phi) is 6.68. The molecular formula is C32H51BrO3. The number of fused-ring (bicyclic) bond motifs is 7. The zero-order valence-electron chi connectivity index (χ0n) is 23.8. The maximum absolute atomic E-state index is 13.5. The van der Waals surface area contributed by atoms with Crippen LogP contribution in [0.5, 0.6) is 0 Å². The van der Waals surface area contributed by atoms with Crippen LogP contribution in [0, 0.1) is 56.7 Å². The third kappa shape index (κ3) is 3.40. The summed E-state index contributed by atoms with van der Waals surface area (Å²) in [4.78, 5) is 13.5. The Hall–Kier alpha value is -0.350. The molecule has 4 heteroatoms. The number of alkyl halides is 1. The van der Waals surface area contributed by atoms with Gasteiger partial charge < -0.3 is 9.84 Å². The highest BCUT2D eigenvalue weighted by atomic mass is 79.9. The molecule has 0 aliphatic heterocycles. The third-order valence-electron chi connectivity index (χ3n) is 13.9. The van der Waals surface area contributed by atoms with Crippen molar-refractivity contribution in [2.24, 2.45) is 56.7 Å². The summed E-state index contributed by atoms with van der Waals surface area (Å²) < 4.78 is 5.70. The number of esters is 1. The van der Waals surface area contributed by atoms with Crippen molar-refractivity contribution < 1.29 is 14.6 Å². The average molecular weight is 564 g/mol. The smallest absolute Gasteiger partial charge is 0.314 e. The van der Waals surface area contributed by atoms with Crippen LogP contribution in [0.3, 0.4) is 0 Å². The normalized spacial score (nSPS) is 54.0. The second-order valence-corrected chi connectivity index (χ2v) is 15.8. The summed E-state index contributed by atoms with van der Waals surface area (Å²) in [5, 5.41) is 11.9. The molecule has 5 aliphatic carbocycles. The zero-order chi connectivity index (χ0) is 26.3. The molecule has 204 valence electrons. The highest BCUT2D eigenvalue weighted by molar-refractivity contribution is 9.09. The fourth-order valence-corrected chi connectivity index (χ4v) is 11.9. The molecule has 1 N–H and O–H groups in total. The zero-order valence-corrected chi connectivity index (χ0v) is 25.4. The van der Waals surface area contributed by atoms with Crippen molar-refractivity contribution in [3.8, 4) is 0 Å². The van der Waals surface area contributed by atoms with E-state index in [1.54, 1.807) is 0 Å². The summed E-state index contributed by atoms with van der Waals surface area (Å²) in [7, 11) is 0. The van der Waals surface area contributed by atoms with E-state index in [0.717, 1.165) is 24.7 Å². The van der Waals surface area contributed by atoms with E-state index in [1.165, 1.54) is 50.5 Å². The average Bonchev–Trinajstić information content (AvgIpc) is 3.18. The lowest BCUT2D eigenvalue weighted by molar-refractivity contribution is -0.251. The first-order valence-corrected chi connectivity index (χ1v) is 16.0. The molecule has 0 spiro atoms. The van der Waals surface area contributed by atoms with Crippen LogP contribution in [-0.2, 0) is 9.53 Å². The fraction of sp³-hybridized carbons (Fsp3) is 0.906. The second kappa shape index (κ2) is 8.83. The Morgan fingerprint density at radius 1 is 0.917 bits per heavy atom. The Labute approximate surface area is 228 Å². The van der Waals surface area contributed by atoms with E-state index in [9.17, 15) is 9.90 Å². The summed E-state index contributed by atoms with van der Waals surface area (Å²) in [5.74, 6) is 2.82. The Bertz CT molecular complexity index is 917. The molecule has 5 fully saturated rings. The van der Waals surface area contributed by atoms with Crippen LogP contribution in [0.25, 0.3) is 0 Å². The van der Waals surface area contributed by atoms with Crippen LogP contribution in [0.2, 0.25) is 0 Å². The standard InChI is InChI=1S/C32H51BrO3/c1-20(2)21-10-13-28(3)16-17-30(5)22(26(21)28)8-9-23-29(4)14-12-25(34)32(7,27(35)36-19-18-33)24(29)11-15-31(23,30)6/h21-26,34H,1,8-19H2,2-7H3/t21-,22+,23+,24+,25+,26+,28+,29+,30+,31+,32+/m0/s1. The topological polar surface area (TPSA) is 46.5 Å². The van der Waals surface area contributed by atoms with Gasteiger partial charge in [0.25, 0.3) is 0 Å². The molecular weight excluding hydrogens is 512 g/mol. The fourth-order valence-electron chi connectivity index (χ4n) is 11.7. The monoisotopic (exact) mass is 562 g/mol. The van der Waals surface area contributed by atoms with Crippen LogP contribution < -0.4 is 0 Å². The van der Waals surface area contributed by atoms with Crippen molar-refractivity contribution in [3.05, 3.63) is 12.2 Å². The molecule has 5 saturated carbocycles. The molecule has 0 bridgehead atoms. The predicted octanol–water partition coefficient (Wildman–Crippen LogP) is 7.94. The first kappa shape index (κ1) is 27.2. The van der Waals surface area contributed by atoms with Gasteiger partial charge in [0.2, 0.25) is 0 Å². The minimum atomic E-state index is -0.810. The van der Waals surface area contributed by atoms with Crippen LogP contribution in [0.15, 0.2) is 12.2 Å². The van der Waals surface area contributed by atoms with E-state index in [2.05, 4.69) is 57.1 Å². The Morgan fingerprint density at radius 3 is 2.31 bits per heavy atom. The Balaban J connectivity index is 1.51. The number of rotatable bonds is 4. The second-order valence-electron chi connectivity index (χ2n) is 15.0. The molecule has 5 rings (SSSR count). The van der Waals surface area contributed by atoms with Crippen LogP contribution in [0.1, 0.15) is 106 Å². The molecule has 11 atom stereocenters. The van der Waals surface area contributed by atoms with Gasteiger partial charge in [0.15, 0.2) is 0 Å². The first-order chi connectivity index (χ1) is 16.8. The lowest BCUT2D eigenvalue weighted by Gasteiger charge is -2.72. The molecule has 5 aliphatic rings. The third-order valence-corrected chi connectivity index (χ3v) is 14.2. The van der Waals surface area contributed by atoms with Gasteiger partial charge in [-0.05, 0) is 129 Å².